The van der Waals surface area contributed by atoms with Crippen LogP contribution in [0.25, 0.3) is 0 Å². The fraction of sp³-hybridized carbons (Fsp3) is 0.409. The number of carbonyl (C=O) groups is 1. The molecule has 1 fully saturated rings. The standard InChI is InChI=1S/C22H24F3N3O5/c1-3-32-19-8-5-15(13-20(19)33-4-2)21(29)27-11-9-26(10-12-27)17-7-6-16(22(23,24)25)14-18(17)28(30)31/h5-8,13-14H,3-4,9-12H2,1-2H3. The molecule has 1 aliphatic heterocycles. The first-order valence-electron chi connectivity index (χ1n) is 10.4. The number of amides is 1. The summed E-state index contributed by atoms with van der Waals surface area (Å²) < 4.78 is 49.9. The van der Waals surface area contributed by atoms with Crippen LogP contribution in [-0.4, -0.2) is 55.1 Å². The fourth-order valence-corrected chi connectivity index (χ4v) is 3.63. The van der Waals surface area contributed by atoms with Crippen molar-refractivity contribution >= 4 is 17.3 Å². The zero-order valence-corrected chi connectivity index (χ0v) is 18.2. The van der Waals surface area contributed by atoms with E-state index in [4.69, 9.17) is 9.47 Å². The Balaban J connectivity index is 1.74. The molecular weight excluding hydrogens is 443 g/mol. The molecule has 2 aromatic carbocycles. The summed E-state index contributed by atoms with van der Waals surface area (Å²) in [6.07, 6.45) is -4.67. The minimum atomic E-state index is -4.67. The Morgan fingerprint density at radius 3 is 2.21 bits per heavy atom. The van der Waals surface area contributed by atoms with E-state index in [-0.39, 0.29) is 37.8 Å². The van der Waals surface area contributed by atoms with Crippen LogP contribution >= 0.6 is 0 Å². The number of nitro groups is 1. The minimum Gasteiger partial charge on any atom is -0.490 e. The Labute approximate surface area is 188 Å². The number of carbonyl (C=O) groups excluding carboxylic acids is 1. The number of rotatable bonds is 7. The molecule has 3 rings (SSSR count). The van der Waals surface area contributed by atoms with Gasteiger partial charge in [0.05, 0.1) is 23.7 Å². The molecule has 1 heterocycles. The summed E-state index contributed by atoms with van der Waals surface area (Å²) in [7, 11) is 0. The van der Waals surface area contributed by atoms with E-state index >= 15 is 0 Å². The molecular formula is C22H24F3N3O5. The van der Waals surface area contributed by atoms with Crippen molar-refractivity contribution in [2.45, 2.75) is 20.0 Å². The zero-order valence-electron chi connectivity index (χ0n) is 18.2. The molecule has 178 valence electrons. The summed E-state index contributed by atoms with van der Waals surface area (Å²) in [6.45, 7) is 5.52. The Hall–Kier alpha value is -3.50. The van der Waals surface area contributed by atoms with Crippen LogP contribution in [-0.2, 0) is 6.18 Å². The van der Waals surface area contributed by atoms with Gasteiger partial charge in [-0.2, -0.15) is 13.2 Å². The van der Waals surface area contributed by atoms with Gasteiger partial charge in [-0.3, -0.25) is 14.9 Å². The number of hydrogen-bond acceptors (Lipinski definition) is 6. The molecule has 0 atom stereocenters. The molecule has 0 radical (unpaired) electrons. The van der Waals surface area contributed by atoms with Gasteiger partial charge in [-0.1, -0.05) is 0 Å². The normalized spacial score (nSPS) is 14.2. The van der Waals surface area contributed by atoms with Gasteiger partial charge in [0.25, 0.3) is 11.6 Å². The third-order valence-corrected chi connectivity index (χ3v) is 5.20. The lowest BCUT2D eigenvalue weighted by molar-refractivity contribution is -0.384. The van der Waals surface area contributed by atoms with Crippen LogP contribution in [0.1, 0.15) is 29.8 Å². The predicted octanol–water partition coefficient (Wildman–Crippen LogP) is 4.37. The Bertz CT molecular complexity index is 1020. The monoisotopic (exact) mass is 467 g/mol. The second-order valence-electron chi connectivity index (χ2n) is 7.27. The van der Waals surface area contributed by atoms with Crippen LogP contribution in [0.4, 0.5) is 24.5 Å². The van der Waals surface area contributed by atoms with Crippen LogP contribution in [0.2, 0.25) is 0 Å². The second kappa shape index (κ2) is 9.97. The number of anilines is 1. The maximum atomic E-state index is 13.0. The first kappa shape index (κ1) is 24.1. The number of halogens is 3. The molecule has 33 heavy (non-hydrogen) atoms. The number of benzene rings is 2. The van der Waals surface area contributed by atoms with Crippen molar-refractivity contribution in [3.05, 3.63) is 57.6 Å². The van der Waals surface area contributed by atoms with Crippen molar-refractivity contribution < 1.29 is 32.4 Å². The molecule has 11 heteroatoms. The number of nitrogens with zero attached hydrogens (tertiary/aromatic N) is 3. The summed E-state index contributed by atoms with van der Waals surface area (Å²) in [5.74, 6) is 0.764. The maximum Gasteiger partial charge on any atom is 0.416 e. The van der Waals surface area contributed by atoms with Crippen LogP contribution in [0.15, 0.2) is 36.4 Å². The van der Waals surface area contributed by atoms with E-state index in [1.54, 1.807) is 28.0 Å². The van der Waals surface area contributed by atoms with Crippen LogP contribution in [0.5, 0.6) is 11.5 Å². The van der Waals surface area contributed by atoms with Crippen molar-refractivity contribution in [2.75, 3.05) is 44.3 Å². The lowest BCUT2D eigenvalue weighted by atomic mass is 10.1. The molecule has 0 N–H and O–H groups in total. The topological polar surface area (TPSA) is 85.2 Å². The van der Waals surface area contributed by atoms with Crippen molar-refractivity contribution in [1.82, 2.24) is 4.90 Å². The SMILES string of the molecule is CCOc1ccc(C(=O)N2CCN(c3ccc(C(F)(F)F)cc3[N+](=O)[O-])CC2)cc1OCC. The van der Waals surface area contributed by atoms with Gasteiger partial charge in [0.2, 0.25) is 0 Å². The number of ether oxygens (including phenoxy) is 2. The Morgan fingerprint density at radius 1 is 1.00 bits per heavy atom. The molecule has 0 aliphatic carbocycles. The molecule has 0 saturated carbocycles. The van der Waals surface area contributed by atoms with Gasteiger partial charge in [0.1, 0.15) is 5.69 Å². The molecule has 1 saturated heterocycles. The highest BCUT2D eigenvalue weighted by Crippen LogP contribution is 2.37. The second-order valence-corrected chi connectivity index (χ2v) is 7.27. The van der Waals surface area contributed by atoms with E-state index in [1.165, 1.54) is 0 Å². The van der Waals surface area contributed by atoms with E-state index in [0.29, 0.717) is 36.3 Å². The van der Waals surface area contributed by atoms with E-state index in [0.717, 1.165) is 12.1 Å². The molecule has 0 bridgehead atoms. The molecule has 0 unspecified atom stereocenters. The van der Waals surface area contributed by atoms with Crippen molar-refractivity contribution in [3.8, 4) is 11.5 Å². The third kappa shape index (κ3) is 5.47. The first-order chi connectivity index (χ1) is 15.7. The lowest BCUT2D eigenvalue weighted by Gasteiger charge is -2.36. The van der Waals surface area contributed by atoms with Gasteiger partial charge in [-0.05, 0) is 44.2 Å². The number of piperazine rings is 1. The van der Waals surface area contributed by atoms with Gasteiger partial charge in [-0.25, -0.2) is 0 Å². The van der Waals surface area contributed by atoms with Gasteiger partial charge in [0, 0.05) is 37.8 Å². The molecule has 8 nitrogen and oxygen atoms in total. The summed E-state index contributed by atoms with van der Waals surface area (Å²) in [5.41, 5.74) is -1.18. The van der Waals surface area contributed by atoms with Gasteiger partial charge >= 0.3 is 6.18 Å². The van der Waals surface area contributed by atoms with E-state index in [2.05, 4.69) is 0 Å². The summed E-state index contributed by atoms with van der Waals surface area (Å²) >= 11 is 0. The zero-order chi connectivity index (χ0) is 24.2. The smallest absolute Gasteiger partial charge is 0.416 e. The number of nitro benzene ring substituents is 1. The number of alkyl halides is 3. The number of hydrogen-bond donors (Lipinski definition) is 0. The highest BCUT2D eigenvalue weighted by molar-refractivity contribution is 5.95. The van der Waals surface area contributed by atoms with Crippen molar-refractivity contribution in [3.63, 3.8) is 0 Å². The van der Waals surface area contributed by atoms with E-state index < -0.39 is 22.4 Å². The molecule has 1 amide bonds. The molecule has 2 aromatic rings. The average molecular weight is 467 g/mol. The first-order valence-corrected chi connectivity index (χ1v) is 10.4. The molecule has 0 spiro atoms. The van der Waals surface area contributed by atoms with Crippen molar-refractivity contribution in [2.24, 2.45) is 0 Å². The minimum absolute atomic E-state index is 0.0970. The summed E-state index contributed by atoms with van der Waals surface area (Å²) in [5, 5.41) is 11.4. The van der Waals surface area contributed by atoms with E-state index in [9.17, 15) is 28.1 Å². The Kier molecular flexibility index (Phi) is 7.29. The highest BCUT2D eigenvalue weighted by Gasteiger charge is 2.34. The maximum absolute atomic E-state index is 13.0. The summed E-state index contributed by atoms with van der Waals surface area (Å²) in [6, 6.07) is 7.41. The largest absolute Gasteiger partial charge is 0.490 e. The summed E-state index contributed by atoms with van der Waals surface area (Å²) in [4.78, 5) is 26.8. The lowest BCUT2D eigenvalue weighted by Crippen LogP contribution is -2.49. The van der Waals surface area contributed by atoms with E-state index in [1.807, 2.05) is 13.8 Å². The third-order valence-electron chi connectivity index (χ3n) is 5.20. The quantitative estimate of drug-likeness (QED) is 0.444. The highest BCUT2D eigenvalue weighted by atomic mass is 19.4. The Morgan fingerprint density at radius 2 is 1.64 bits per heavy atom. The predicted molar refractivity (Wildman–Crippen MR) is 115 cm³/mol. The average Bonchev–Trinajstić information content (AvgIpc) is 2.79. The van der Waals surface area contributed by atoms with Gasteiger partial charge in [-0.15, -0.1) is 0 Å². The fourth-order valence-electron chi connectivity index (χ4n) is 3.63. The van der Waals surface area contributed by atoms with Crippen LogP contribution in [0, 0.1) is 10.1 Å². The van der Waals surface area contributed by atoms with Gasteiger partial charge < -0.3 is 19.3 Å². The van der Waals surface area contributed by atoms with Gasteiger partial charge in [0.15, 0.2) is 11.5 Å². The van der Waals surface area contributed by atoms with Crippen molar-refractivity contribution in [1.29, 1.82) is 0 Å². The van der Waals surface area contributed by atoms with Crippen LogP contribution in [0.3, 0.4) is 0 Å². The molecule has 1 aliphatic rings. The van der Waals surface area contributed by atoms with Crippen LogP contribution < -0.4 is 14.4 Å². The molecule has 0 aromatic heterocycles.